The number of aromatic nitrogens is 2. The Balaban J connectivity index is 1.54. The first-order chi connectivity index (χ1) is 14.5. The van der Waals surface area contributed by atoms with Crippen LogP contribution in [-0.4, -0.2) is 33.9 Å². The van der Waals surface area contributed by atoms with Crippen molar-refractivity contribution in [2.24, 2.45) is 0 Å². The Morgan fingerprint density at radius 1 is 0.900 bits per heavy atom. The van der Waals surface area contributed by atoms with Gasteiger partial charge in [-0.05, 0) is 31.5 Å². The number of ketones is 1. The van der Waals surface area contributed by atoms with E-state index in [1.54, 1.807) is 18.5 Å². The van der Waals surface area contributed by atoms with Gasteiger partial charge in [0.15, 0.2) is 0 Å². The quantitative estimate of drug-likeness (QED) is 0.446. The van der Waals surface area contributed by atoms with Gasteiger partial charge in [0.1, 0.15) is 0 Å². The fourth-order valence-electron chi connectivity index (χ4n) is 3.16. The first-order valence-electron chi connectivity index (χ1n) is 9.72. The zero-order chi connectivity index (χ0) is 21.5. The number of rotatable bonds is 8. The number of hydrogen-bond acceptors (Lipinski definition) is 4. The predicted molar refractivity (Wildman–Crippen MR) is 113 cm³/mol. The third kappa shape index (κ3) is 5.00. The molecule has 0 aliphatic heterocycles. The second-order valence-corrected chi connectivity index (χ2v) is 6.89. The van der Waals surface area contributed by atoms with Gasteiger partial charge in [0, 0.05) is 19.5 Å². The van der Waals surface area contributed by atoms with E-state index in [9.17, 15) is 14.4 Å². The molecule has 0 saturated heterocycles. The molecule has 30 heavy (non-hydrogen) atoms. The molecule has 0 aliphatic rings. The zero-order valence-electron chi connectivity index (χ0n) is 17.0. The van der Waals surface area contributed by atoms with Crippen LogP contribution in [-0.2, 0) is 16.1 Å². The summed E-state index contributed by atoms with van der Waals surface area (Å²) < 4.78 is 1.65. The van der Waals surface area contributed by atoms with Gasteiger partial charge in [-0.3, -0.25) is 14.4 Å². The Morgan fingerprint density at radius 3 is 2.20 bits per heavy atom. The van der Waals surface area contributed by atoms with Gasteiger partial charge in [-0.25, -0.2) is 4.68 Å². The van der Waals surface area contributed by atoms with Crippen LogP contribution in [0.25, 0.3) is 5.69 Å². The lowest BCUT2D eigenvalue weighted by molar-refractivity contribution is -0.121. The molecule has 0 radical (unpaired) electrons. The van der Waals surface area contributed by atoms with Crippen LogP contribution in [0.3, 0.4) is 0 Å². The molecule has 0 saturated carbocycles. The van der Waals surface area contributed by atoms with Crippen LogP contribution < -0.4 is 10.6 Å². The van der Waals surface area contributed by atoms with Crippen molar-refractivity contribution in [2.75, 3.05) is 6.54 Å². The van der Waals surface area contributed by atoms with Gasteiger partial charge in [-0.1, -0.05) is 48.5 Å². The van der Waals surface area contributed by atoms with E-state index in [4.69, 9.17) is 0 Å². The molecule has 2 amide bonds. The number of amides is 2. The number of para-hydroxylation sites is 1. The Hall–Kier alpha value is -3.74. The molecule has 0 aliphatic carbocycles. The van der Waals surface area contributed by atoms with Crippen LogP contribution in [0.4, 0.5) is 0 Å². The molecule has 3 rings (SSSR count). The maximum atomic E-state index is 12.7. The van der Waals surface area contributed by atoms with Crippen LogP contribution in [0.15, 0.2) is 60.7 Å². The van der Waals surface area contributed by atoms with Gasteiger partial charge >= 0.3 is 0 Å². The van der Waals surface area contributed by atoms with E-state index in [1.807, 2.05) is 60.7 Å². The number of nitrogens with zero attached hydrogens (tertiary/aromatic N) is 2. The van der Waals surface area contributed by atoms with Gasteiger partial charge in [-0.2, -0.15) is 5.10 Å². The molecule has 7 nitrogen and oxygen atoms in total. The van der Waals surface area contributed by atoms with Crippen LogP contribution in [0.2, 0.25) is 0 Å². The Morgan fingerprint density at radius 2 is 1.53 bits per heavy atom. The van der Waals surface area contributed by atoms with Gasteiger partial charge in [0.2, 0.25) is 5.91 Å². The zero-order valence-corrected chi connectivity index (χ0v) is 17.0. The molecule has 154 valence electrons. The van der Waals surface area contributed by atoms with E-state index >= 15 is 0 Å². The SMILES string of the molecule is Cc1nn(-c2ccccc2)c(C)c1C(=O)C(=O)NCCC(=O)NCc1ccccc1. The molecular formula is C23H24N4O3. The first kappa shape index (κ1) is 21.0. The first-order valence-corrected chi connectivity index (χ1v) is 9.72. The van der Waals surface area contributed by atoms with E-state index in [0.29, 0.717) is 17.9 Å². The topological polar surface area (TPSA) is 93.1 Å². The molecule has 0 spiro atoms. The lowest BCUT2D eigenvalue weighted by Gasteiger charge is -2.07. The Labute approximate surface area is 175 Å². The average Bonchev–Trinajstić information content (AvgIpc) is 3.07. The molecular weight excluding hydrogens is 380 g/mol. The highest BCUT2D eigenvalue weighted by Crippen LogP contribution is 2.18. The molecule has 0 fully saturated rings. The fraction of sp³-hybridized carbons (Fsp3) is 0.217. The monoisotopic (exact) mass is 404 g/mol. The number of carbonyl (C=O) groups is 3. The summed E-state index contributed by atoms with van der Waals surface area (Å²) in [6, 6.07) is 18.9. The number of benzene rings is 2. The maximum absolute atomic E-state index is 12.7. The minimum Gasteiger partial charge on any atom is -0.352 e. The fourth-order valence-corrected chi connectivity index (χ4v) is 3.16. The van der Waals surface area contributed by atoms with Crippen molar-refractivity contribution >= 4 is 17.6 Å². The van der Waals surface area contributed by atoms with Gasteiger partial charge < -0.3 is 10.6 Å². The molecule has 0 unspecified atom stereocenters. The van der Waals surface area contributed by atoms with Gasteiger partial charge in [0.25, 0.3) is 11.7 Å². The van der Waals surface area contributed by atoms with Crippen molar-refractivity contribution in [3.63, 3.8) is 0 Å². The summed E-state index contributed by atoms with van der Waals surface area (Å²) in [6.07, 6.45) is 0.0904. The number of aryl methyl sites for hydroxylation is 1. The molecule has 0 atom stereocenters. The molecule has 2 N–H and O–H groups in total. The average molecular weight is 404 g/mol. The lowest BCUT2D eigenvalue weighted by atomic mass is 10.1. The minimum atomic E-state index is -0.746. The molecule has 1 aromatic heterocycles. The normalized spacial score (nSPS) is 10.5. The minimum absolute atomic E-state index is 0.0795. The van der Waals surface area contributed by atoms with E-state index in [2.05, 4.69) is 15.7 Å². The Kier molecular flexibility index (Phi) is 6.75. The van der Waals surface area contributed by atoms with Crippen LogP contribution in [0, 0.1) is 13.8 Å². The van der Waals surface area contributed by atoms with Crippen molar-refractivity contribution in [3.05, 3.63) is 83.2 Å². The summed E-state index contributed by atoms with van der Waals surface area (Å²) in [5.74, 6) is -1.60. The predicted octanol–water partition coefficient (Wildman–Crippen LogP) is 2.49. The van der Waals surface area contributed by atoms with Gasteiger partial charge in [-0.15, -0.1) is 0 Å². The summed E-state index contributed by atoms with van der Waals surface area (Å²) in [4.78, 5) is 36.9. The van der Waals surface area contributed by atoms with E-state index < -0.39 is 11.7 Å². The highest BCUT2D eigenvalue weighted by Gasteiger charge is 2.24. The van der Waals surface area contributed by atoms with Gasteiger partial charge in [0.05, 0.1) is 22.6 Å². The third-order valence-corrected chi connectivity index (χ3v) is 4.70. The van der Waals surface area contributed by atoms with Crippen molar-refractivity contribution in [1.29, 1.82) is 0 Å². The van der Waals surface area contributed by atoms with E-state index in [0.717, 1.165) is 11.3 Å². The summed E-state index contributed by atoms with van der Waals surface area (Å²) in [6.45, 7) is 3.95. The largest absolute Gasteiger partial charge is 0.352 e. The number of carbonyl (C=O) groups excluding carboxylic acids is 3. The number of Topliss-reactive ketones (excluding diaryl/α,β-unsaturated/α-hetero) is 1. The van der Waals surface area contributed by atoms with Crippen molar-refractivity contribution in [2.45, 2.75) is 26.8 Å². The highest BCUT2D eigenvalue weighted by molar-refractivity contribution is 6.43. The molecule has 0 bridgehead atoms. The van der Waals surface area contributed by atoms with Crippen molar-refractivity contribution < 1.29 is 14.4 Å². The highest BCUT2D eigenvalue weighted by atomic mass is 16.2. The smallest absolute Gasteiger partial charge is 0.292 e. The standard InChI is InChI=1S/C23H24N4O3/c1-16-21(17(2)27(26-16)19-11-7-4-8-12-19)22(29)23(30)24-14-13-20(28)25-15-18-9-5-3-6-10-18/h3-12H,13-15H2,1-2H3,(H,24,30)(H,25,28). The molecule has 1 heterocycles. The van der Waals surface area contributed by atoms with E-state index in [1.165, 1.54) is 0 Å². The summed E-state index contributed by atoms with van der Waals surface area (Å²) >= 11 is 0. The van der Waals surface area contributed by atoms with E-state index in [-0.39, 0.29) is 24.4 Å². The summed E-state index contributed by atoms with van der Waals surface area (Å²) in [7, 11) is 0. The third-order valence-electron chi connectivity index (χ3n) is 4.70. The Bertz CT molecular complexity index is 1040. The second-order valence-electron chi connectivity index (χ2n) is 6.89. The van der Waals surface area contributed by atoms with Crippen LogP contribution in [0.1, 0.15) is 33.7 Å². The van der Waals surface area contributed by atoms with Crippen LogP contribution in [0.5, 0.6) is 0 Å². The number of hydrogen-bond donors (Lipinski definition) is 2. The second kappa shape index (κ2) is 9.65. The summed E-state index contributed by atoms with van der Waals surface area (Å²) in [5, 5.41) is 9.71. The van der Waals surface area contributed by atoms with Crippen molar-refractivity contribution in [1.82, 2.24) is 20.4 Å². The molecule has 2 aromatic carbocycles. The maximum Gasteiger partial charge on any atom is 0.292 e. The summed E-state index contributed by atoms with van der Waals surface area (Å²) in [5.41, 5.74) is 3.17. The number of nitrogens with one attached hydrogen (secondary N) is 2. The molecule has 7 heteroatoms. The molecule has 3 aromatic rings. The van der Waals surface area contributed by atoms with Crippen molar-refractivity contribution in [3.8, 4) is 5.69 Å². The lowest BCUT2D eigenvalue weighted by Crippen LogP contribution is -2.35. The van der Waals surface area contributed by atoms with Crippen LogP contribution >= 0.6 is 0 Å².